The summed E-state index contributed by atoms with van der Waals surface area (Å²) in [5.74, 6) is 1.50. The first-order valence-corrected chi connectivity index (χ1v) is 15.2. The summed E-state index contributed by atoms with van der Waals surface area (Å²) >= 11 is 0. The van der Waals surface area contributed by atoms with Gasteiger partial charge in [-0.1, -0.05) is 121 Å². The Hall–Kier alpha value is -5.12. The molecule has 6 aromatic carbocycles. The van der Waals surface area contributed by atoms with Crippen LogP contribution < -0.4 is 9.47 Å². The molecule has 1 heterocycles. The zero-order valence-electron chi connectivity index (χ0n) is 25.0. The highest BCUT2D eigenvalue weighted by Crippen LogP contribution is 2.55. The zero-order chi connectivity index (χ0) is 29.6. The minimum atomic E-state index is -0.0129. The third-order valence-electron chi connectivity index (χ3n) is 9.21. The van der Waals surface area contributed by atoms with Crippen LogP contribution in [-0.4, -0.2) is 19.1 Å². The summed E-state index contributed by atoms with van der Waals surface area (Å²) in [6.07, 6.45) is 0. The highest BCUT2D eigenvalue weighted by atomic mass is 16.5. The van der Waals surface area contributed by atoms with Crippen molar-refractivity contribution in [3.8, 4) is 22.6 Å². The van der Waals surface area contributed by atoms with E-state index in [1.807, 2.05) is 0 Å². The van der Waals surface area contributed by atoms with Crippen LogP contribution in [0.2, 0.25) is 0 Å². The molecule has 1 unspecified atom stereocenters. The van der Waals surface area contributed by atoms with Crippen LogP contribution in [-0.2, 0) is 13.1 Å². The molecule has 0 N–H and O–H groups in total. The third-order valence-corrected chi connectivity index (χ3v) is 9.21. The standard InChI is InChI=1S/C41H33NO2/c1-43-37-23-29-26-42(25-27-13-4-3-5-14-27)41(35-22-12-16-28-15-6-7-17-30(28)35)40(36(29)24-38(37)44-2)39-33-20-10-8-18-31(33)32-19-9-11-21-34(32)39/h3-24,41H,25-26H2,1-2H3. The molecule has 0 spiro atoms. The number of nitrogens with zero attached hydrogens (tertiary/aromatic N) is 1. The van der Waals surface area contributed by atoms with Gasteiger partial charge >= 0.3 is 0 Å². The summed E-state index contributed by atoms with van der Waals surface area (Å²) < 4.78 is 11.8. The number of hydrogen-bond acceptors (Lipinski definition) is 3. The van der Waals surface area contributed by atoms with Gasteiger partial charge in [-0.3, -0.25) is 4.90 Å². The Balaban J connectivity index is 1.51. The lowest BCUT2D eigenvalue weighted by Crippen LogP contribution is -2.34. The van der Waals surface area contributed by atoms with E-state index in [0.29, 0.717) is 0 Å². The van der Waals surface area contributed by atoms with Gasteiger partial charge in [0.1, 0.15) is 0 Å². The van der Waals surface area contributed by atoms with Crippen molar-refractivity contribution in [1.29, 1.82) is 0 Å². The largest absolute Gasteiger partial charge is 0.493 e. The van der Waals surface area contributed by atoms with Crippen molar-refractivity contribution < 1.29 is 9.47 Å². The van der Waals surface area contributed by atoms with Gasteiger partial charge in [0.05, 0.1) is 20.3 Å². The average Bonchev–Trinajstić information content (AvgIpc) is 3.41. The maximum absolute atomic E-state index is 5.92. The first kappa shape index (κ1) is 26.5. The Labute approximate surface area is 258 Å². The van der Waals surface area contributed by atoms with Crippen molar-refractivity contribution in [2.24, 2.45) is 0 Å². The van der Waals surface area contributed by atoms with Gasteiger partial charge in [-0.05, 0) is 78.6 Å². The van der Waals surface area contributed by atoms with Gasteiger partial charge in [-0.25, -0.2) is 0 Å². The second-order valence-electron chi connectivity index (χ2n) is 11.6. The lowest BCUT2D eigenvalue weighted by Gasteiger charge is -2.41. The van der Waals surface area contributed by atoms with Crippen molar-refractivity contribution in [3.05, 3.63) is 167 Å². The summed E-state index contributed by atoms with van der Waals surface area (Å²) in [5.41, 5.74) is 12.8. The molecule has 1 atom stereocenters. The summed E-state index contributed by atoms with van der Waals surface area (Å²) in [5, 5.41) is 2.53. The van der Waals surface area contributed by atoms with Gasteiger partial charge in [0, 0.05) is 13.1 Å². The van der Waals surface area contributed by atoms with Crippen LogP contribution in [0, 0.1) is 0 Å². The lowest BCUT2D eigenvalue weighted by molar-refractivity contribution is 0.212. The van der Waals surface area contributed by atoms with Crippen LogP contribution in [0.15, 0.2) is 133 Å². The van der Waals surface area contributed by atoms with E-state index < -0.39 is 0 Å². The highest BCUT2D eigenvalue weighted by Gasteiger charge is 2.38. The molecule has 1 aliphatic carbocycles. The van der Waals surface area contributed by atoms with Gasteiger partial charge in [-0.15, -0.1) is 0 Å². The molecule has 8 rings (SSSR count). The minimum absolute atomic E-state index is 0.0129. The molecule has 0 fully saturated rings. The Bertz CT molecular complexity index is 2010. The quantitative estimate of drug-likeness (QED) is 0.205. The molecule has 2 aliphatic rings. The van der Waals surface area contributed by atoms with Crippen LogP contribution in [0.3, 0.4) is 0 Å². The molecule has 0 aromatic heterocycles. The lowest BCUT2D eigenvalue weighted by atomic mass is 9.78. The molecule has 0 bridgehead atoms. The maximum Gasteiger partial charge on any atom is 0.161 e. The Morgan fingerprint density at radius 2 is 1.18 bits per heavy atom. The third kappa shape index (κ3) is 4.24. The van der Waals surface area contributed by atoms with Crippen molar-refractivity contribution in [2.75, 3.05) is 14.2 Å². The highest BCUT2D eigenvalue weighted by molar-refractivity contribution is 6.12. The fraction of sp³-hybridized carbons (Fsp3) is 0.122. The molecular formula is C41H33NO2. The summed E-state index contributed by atoms with van der Waals surface area (Å²) in [6, 6.07) is 48.5. The molecule has 6 aromatic rings. The van der Waals surface area contributed by atoms with Crippen LogP contribution in [0.5, 0.6) is 11.5 Å². The Morgan fingerprint density at radius 1 is 0.591 bits per heavy atom. The summed E-state index contributed by atoms with van der Waals surface area (Å²) in [6.45, 7) is 1.58. The first-order valence-electron chi connectivity index (χ1n) is 15.2. The van der Waals surface area contributed by atoms with Gasteiger partial charge in [0.15, 0.2) is 11.5 Å². The first-order chi connectivity index (χ1) is 21.7. The SMILES string of the molecule is COc1cc2c(cc1OC)C(=C1c3ccccc3-c3ccccc31)C(c1cccc3ccccc13)N(Cc1ccccc1)C2. The predicted octanol–water partition coefficient (Wildman–Crippen LogP) is 9.55. The van der Waals surface area contributed by atoms with Gasteiger partial charge in [0.2, 0.25) is 0 Å². The van der Waals surface area contributed by atoms with Crippen LogP contribution in [0.25, 0.3) is 33.0 Å². The Morgan fingerprint density at radius 3 is 1.89 bits per heavy atom. The number of fused-ring (bicyclic) bond motifs is 5. The average molecular weight is 572 g/mol. The maximum atomic E-state index is 5.92. The number of methoxy groups -OCH3 is 2. The van der Waals surface area contributed by atoms with E-state index in [1.165, 1.54) is 66.4 Å². The van der Waals surface area contributed by atoms with Crippen molar-refractivity contribution in [2.45, 2.75) is 19.1 Å². The predicted molar refractivity (Wildman–Crippen MR) is 180 cm³/mol. The molecule has 0 saturated heterocycles. The topological polar surface area (TPSA) is 21.7 Å². The van der Waals surface area contributed by atoms with Crippen molar-refractivity contribution in [1.82, 2.24) is 4.90 Å². The molecule has 214 valence electrons. The number of hydrogen-bond donors (Lipinski definition) is 0. The molecular weight excluding hydrogens is 538 g/mol. The van der Waals surface area contributed by atoms with Gasteiger partial charge in [0.25, 0.3) is 0 Å². The fourth-order valence-electron chi connectivity index (χ4n) is 7.33. The van der Waals surface area contributed by atoms with E-state index in [9.17, 15) is 0 Å². The molecule has 0 saturated carbocycles. The van der Waals surface area contributed by atoms with Crippen LogP contribution >= 0.6 is 0 Å². The monoisotopic (exact) mass is 571 g/mol. The normalized spacial score (nSPS) is 15.5. The van der Waals surface area contributed by atoms with E-state index in [1.54, 1.807) is 14.2 Å². The van der Waals surface area contributed by atoms with E-state index in [2.05, 4.69) is 138 Å². The molecule has 1 aliphatic heterocycles. The zero-order valence-corrected chi connectivity index (χ0v) is 25.0. The Kier molecular flexibility index (Phi) is 6.54. The summed E-state index contributed by atoms with van der Waals surface area (Å²) in [4.78, 5) is 2.64. The van der Waals surface area contributed by atoms with E-state index in [0.717, 1.165) is 24.6 Å². The number of ether oxygens (including phenoxy) is 2. The van der Waals surface area contributed by atoms with E-state index >= 15 is 0 Å². The molecule has 0 amide bonds. The second kappa shape index (κ2) is 10.9. The van der Waals surface area contributed by atoms with Gasteiger partial charge < -0.3 is 9.47 Å². The second-order valence-corrected chi connectivity index (χ2v) is 11.6. The smallest absolute Gasteiger partial charge is 0.161 e. The molecule has 44 heavy (non-hydrogen) atoms. The van der Waals surface area contributed by atoms with E-state index in [4.69, 9.17) is 9.47 Å². The van der Waals surface area contributed by atoms with Crippen LogP contribution in [0.1, 0.15) is 39.4 Å². The minimum Gasteiger partial charge on any atom is -0.493 e. The molecule has 0 radical (unpaired) electrons. The molecule has 3 nitrogen and oxygen atoms in total. The molecule has 3 heteroatoms. The number of benzene rings is 6. The summed E-state index contributed by atoms with van der Waals surface area (Å²) in [7, 11) is 3.44. The van der Waals surface area contributed by atoms with E-state index in [-0.39, 0.29) is 6.04 Å². The van der Waals surface area contributed by atoms with Gasteiger partial charge in [-0.2, -0.15) is 0 Å². The van der Waals surface area contributed by atoms with Crippen molar-refractivity contribution >= 4 is 21.9 Å². The van der Waals surface area contributed by atoms with Crippen LogP contribution in [0.4, 0.5) is 0 Å². The fourth-order valence-corrected chi connectivity index (χ4v) is 7.33. The van der Waals surface area contributed by atoms with Crippen molar-refractivity contribution in [3.63, 3.8) is 0 Å². The number of rotatable bonds is 5.